The second-order valence-electron chi connectivity index (χ2n) is 6.82. The minimum Gasteiger partial charge on any atom is -0.480 e. The van der Waals surface area contributed by atoms with Crippen LogP contribution in [0.15, 0.2) is 0 Å². The van der Waals surface area contributed by atoms with Crippen molar-refractivity contribution in [1.82, 2.24) is 0 Å². The third kappa shape index (κ3) is 4.79. The smallest absolute Gasteiger partial charge is 0.320 e. The van der Waals surface area contributed by atoms with Gasteiger partial charge in [-0.15, -0.1) is 0 Å². The van der Waals surface area contributed by atoms with E-state index in [-0.39, 0.29) is 0 Å². The van der Waals surface area contributed by atoms with Crippen LogP contribution in [0, 0.1) is 17.8 Å². The summed E-state index contributed by atoms with van der Waals surface area (Å²) in [5, 5.41) is 8.91. The maximum Gasteiger partial charge on any atom is 0.320 e. The highest BCUT2D eigenvalue weighted by molar-refractivity contribution is 5.73. The summed E-state index contributed by atoms with van der Waals surface area (Å²) in [5.74, 6) is 1.50. The molecule has 0 aromatic heterocycles. The van der Waals surface area contributed by atoms with Crippen molar-refractivity contribution < 1.29 is 9.90 Å². The lowest BCUT2D eigenvalue weighted by Crippen LogP contribution is -2.33. The fourth-order valence-electron chi connectivity index (χ4n) is 4.18. The Morgan fingerprint density at radius 2 is 1.63 bits per heavy atom. The van der Waals surface area contributed by atoms with Crippen LogP contribution >= 0.6 is 0 Å². The molecule has 0 saturated heterocycles. The molecule has 2 rings (SSSR count). The summed E-state index contributed by atoms with van der Waals surface area (Å²) >= 11 is 0. The van der Waals surface area contributed by atoms with E-state index in [0.717, 1.165) is 11.8 Å². The van der Waals surface area contributed by atoms with Crippen LogP contribution < -0.4 is 5.73 Å². The van der Waals surface area contributed by atoms with Crippen LogP contribution in [-0.4, -0.2) is 17.1 Å². The van der Waals surface area contributed by atoms with Gasteiger partial charge in [0.25, 0.3) is 0 Å². The van der Waals surface area contributed by atoms with Gasteiger partial charge in [-0.2, -0.15) is 0 Å². The zero-order valence-electron chi connectivity index (χ0n) is 12.0. The van der Waals surface area contributed by atoms with Gasteiger partial charge in [-0.3, -0.25) is 4.79 Å². The molecule has 0 aliphatic heterocycles. The molecule has 3 heteroatoms. The highest BCUT2D eigenvalue weighted by Crippen LogP contribution is 2.38. The summed E-state index contributed by atoms with van der Waals surface area (Å²) in [6, 6.07) is -0.654. The number of carbonyl (C=O) groups is 1. The highest BCUT2D eigenvalue weighted by Gasteiger charge is 2.27. The molecule has 3 N–H and O–H groups in total. The first-order chi connectivity index (χ1) is 9.15. The molecular formula is C16H29NO2. The van der Waals surface area contributed by atoms with Gasteiger partial charge < -0.3 is 10.8 Å². The minimum atomic E-state index is -0.839. The van der Waals surface area contributed by atoms with Crippen LogP contribution in [0.5, 0.6) is 0 Å². The molecular weight excluding hydrogens is 238 g/mol. The lowest BCUT2D eigenvalue weighted by atomic mass is 9.73. The summed E-state index contributed by atoms with van der Waals surface area (Å²) in [6.07, 6.45) is 14.2. The normalized spacial score (nSPS) is 31.0. The molecule has 0 radical (unpaired) electrons. The molecule has 2 fully saturated rings. The summed E-state index contributed by atoms with van der Waals surface area (Å²) in [5.41, 5.74) is 5.68. The molecule has 2 aliphatic carbocycles. The highest BCUT2D eigenvalue weighted by atomic mass is 16.4. The Bertz CT molecular complexity index is 286. The van der Waals surface area contributed by atoms with Gasteiger partial charge in [-0.05, 0) is 37.0 Å². The lowest BCUT2D eigenvalue weighted by Gasteiger charge is -2.33. The number of hydrogen-bond donors (Lipinski definition) is 2. The minimum absolute atomic E-state index is 0.549. The van der Waals surface area contributed by atoms with Gasteiger partial charge in [-0.25, -0.2) is 0 Å². The fourth-order valence-corrected chi connectivity index (χ4v) is 4.18. The largest absolute Gasteiger partial charge is 0.480 e. The van der Waals surface area contributed by atoms with Gasteiger partial charge in [0.15, 0.2) is 0 Å². The number of aliphatic carboxylic acids is 1. The van der Waals surface area contributed by atoms with Gasteiger partial charge in [-0.1, -0.05) is 51.4 Å². The molecule has 3 atom stereocenters. The molecule has 0 aromatic rings. The fraction of sp³-hybridized carbons (Fsp3) is 0.938. The molecule has 2 saturated carbocycles. The van der Waals surface area contributed by atoms with E-state index in [1.54, 1.807) is 0 Å². The maximum atomic E-state index is 10.8. The van der Waals surface area contributed by atoms with E-state index in [1.165, 1.54) is 64.2 Å². The summed E-state index contributed by atoms with van der Waals surface area (Å²) in [6.45, 7) is 0. The predicted octanol–water partition coefficient (Wildman–Crippen LogP) is 3.57. The molecule has 0 spiro atoms. The first-order valence-corrected chi connectivity index (χ1v) is 8.13. The summed E-state index contributed by atoms with van der Waals surface area (Å²) < 4.78 is 0. The van der Waals surface area contributed by atoms with Gasteiger partial charge in [0.05, 0.1) is 0 Å². The molecule has 3 nitrogen and oxygen atoms in total. The number of carboxylic acids is 1. The van der Waals surface area contributed by atoms with E-state index in [2.05, 4.69) is 0 Å². The third-order valence-electron chi connectivity index (χ3n) is 5.19. The molecule has 2 aliphatic rings. The first kappa shape index (κ1) is 14.8. The maximum absolute atomic E-state index is 10.8. The first-order valence-electron chi connectivity index (χ1n) is 8.13. The van der Waals surface area contributed by atoms with Crippen LogP contribution in [0.1, 0.15) is 70.6 Å². The van der Waals surface area contributed by atoms with Gasteiger partial charge in [0, 0.05) is 0 Å². The van der Waals surface area contributed by atoms with Crippen molar-refractivity contribution in [2.24, 2.45) is 23.5 Å². The number of rotatable bonds is 5. The SMILES string of the molecule is N[C@@H](CC1CCCC(CC2CCCCC2)C1)C(=O)O. The second kappa shape index (κ2) is 7.28. The van der Waals surface area contributed by atoms with E-state index in [0.29, 0.717) is 12.3 Å². The van der Waals surface area contributed by atoms with E-state index in [9.17, 15) is 4.79 Å². The van der Waals surface area contributed by atoms with E-state index >= 15 is 0 Å². The number of carboxylic acid groups (broad SMARTS) is 1. The zero-order valence-corrected chi connectivity index (χ0v) is 12.0. The summed E-state index contributed by atoms with van der Waals surface area (Å²) in [4.78, 5) is 10.8. The molecule has 0 bridgehead atoms. The summed E-state index contributed by atoms with van der Waals surface area (Å²) in [7, 11) is 0. The Kier molecular flexibility index (Phi) is 5.68. The monoisotopic (exact) mass is 267 g/mol. The van der Waals surface area contributed by atoms with Crippen molar-refractivity contribution in [1.29, 1.82) is 0 Å². The number of hydrogen-bond acceptors (Lipinski definition) is 2. The molecule has 0 amide bonds. The second-order valence-corrected chi connectivity index (χ2v) is 6.82. The molecule has 110 valence electrons. The van der Waals surface area contributed by atoms with Gasteiger partial charge in [0.2, 0.25) is 0 Å². The molecule has 19 heavy (non-hydrogen) atoms. The standard InChI is InChI=1S/C16H29NO2/c17-15(16(18)19)11-14-8-4-7-13(10-14)9-12-5-2-1-3-6-12/h12-15H,1-11,17H2,(H,18,19)/t13?,14?,15-/m0/s1. The van der Waals surface area contributed by atoms with E-state index in [1.807, 2.05) is 0 Å². The Labute approximate surface area is 116 Å². The lowest BCUT2D eigenvalue weighted by molar-refractivity contribution is -0.139. The Hall–Kier alpha value is -0.570. The van der Waals surface area contributed by atoms with Crippen LogP contribution in [0.2, 0.25) is 0 Å². The topological polar surface area (TPSA) is 63.3 Å². The van der Waals surface area contributed by atoms with Crippen LogP contribution in [-0.2, 0) is 4.79 Å². The van der Waals surface area contributed by atoms with Crippen LogP contribution in [0.4, 0.5) is 0 Å². The number of nitrogens with two attached hydrogens (primary N) is 1. The van der Waals surface area contributed by atoms with Crippen molar-refractivity contribution in [2.45, 2.75) is 76.7 Å². The van der Waals surface area contributed by atoms with Crippen LogP contribution in [0.3, 0.4) is 0 Å². The van der Waals surface area contributed by atoms with E-state index in [4.69, 9.17) is 10.8 Å². The van der Waals surface area contributed by atoms with Crippen molar-refractivity contribution in [2.75, 3.05) is 0 Å². The average Bonchev–Trinajstić information content (AvgIpc) is 2.40. The average molecular weight is 267 g/mol. The van der Waals surface area contributed by atoms with Crippen molar-refractivity contribution in [3.63, 3.8) is 0 Å². The predicted molar refractivity (Wildman–Crippen MR) is 76.9 cm³/mol. The van der Waals surface area contributed by atoms with Gasteiger partial charge in [0.1, 0.15) is 6.04 Å². The Morgan fingerprint density at radius 3 is 2.32 bits per heavy atom. The Balaban J connectivity index is 1.74. The van der Waals surface area contributed by atoms with Crippen molar-refractivity contribution >= 4 is 5.97 Å². The third-order valence-corrected chi connectivity index (χ3v) is 5.19. The molecule has 0 aromatic carbocycles. The van der Waals surface area contributed by atoms with E-state index < -0.39 is 12.0 Å². The zero-order chi connectivity index (χ0) is 13.7. The quantitative estimate of drug-likeness (QED) is 0.800. The van der Waals surface area contributed by atoms with Crippen molar-refractivity contribution in [3.8, 4) is 0 Å². The molecule has 0 heterocycles. The van der Waals surface area contributed by atoms with Crippen molar-refractivity contribution in [3.05, 3.63) is 0 Å². The molecule has 2 unspecified atom stereocenters. The Morgan fingerprint density at radius 1 is 1.00 bits per heavy atom. The van der Waals surface area contributed by atoms with Gasteiger partial charge >= 0.3 is 5.97 Å². The van der Waals surface area contributed by atoms with Crippen LogP contribution in [0.25, 0.3) is 0 Å².